The van der Waals surface area contributed by atoms with E-state index < -0.39 is 0 Å². The number of esters is 1. The molecule has 0 fully saturated rings. The lowest BCUT2D eigenvalue weighted by Gasteiger charge is -2.31. The summed E-state index contributed by atoms with van der Waals surface area (Å²) in [6.45, 7) is 14.3. The number of hydrogen-bond donors (Lipinski definition) is 1. The fourth-order valence-corrected chi connectivity index (χ4v) is 8.95. The molecule has 1 spiro atoms. The van der Waals surface area contributed by atoms with Gasteiger partial charge in [0.2, 0.25) is 0 Å². The molecule has 6 heteroatoms. The predicted octanol–water partition coefficient (Wildman–Crippen LogP) is 12.1. The Balaban J connectivity index is 1.06. The Bertz CT molecular complexity index is 2420. The Kier molecular flexibility index (Phi) is 9.40. The molecule has 0 aromatic heterocycles. The van der Waals surface area contributed by atoms with Gasteiger partial charge in [0.25, 0.3) is 0 Å². The van der Waals surface area contributed by atoms with Crippen molar-refractivity contribution in [2.75, 3.05) is 5.73 Å². The van der Waals surface area contributed by atoms with Crippen LogP contribution in [0.25, 0.3) is 0 Å². The number of carbonyl (C=O) groups is 1. The summed E-state index contributed by atoms with van der Waals surface area (Å²) in [5.41, 5.74) is 16.6. The van der Waals surface area contributed by atoms with Crippen molar-refractivity contribution in [3.63, 3.8) is 0 Å². The molecular formula is C50H49NO5. The molecule has 0 radical (unpaired) electrons. The summed E-state index contributed by atoms with van der Waals surface area (Å²) in [5.74, 6) is 3.22. The van der Waals surface area contributed by atoms with Crippen LogP contribution in [0.2, 0.25) is 0 Å². The third kappa shape index (κ3) is 7.01. The Morgan fingerprint density at radius 3 is 1.70 bits per heavy atom. The number of anilines is 1. The molecule has 284 valence electrons. The summed E-state index contributed by atoms with van der Waals surface area (Å²) >= 11 is 0. The molecule has 0 bridgehead atoms. The van der Waals surface area contributed by atoms with Gasteiger partial charge in [0.15, 0.2) is 0 Å². The molecule has 2 aliphatic carbocycles. The maximum Gasteiger partial charge on any atom is 0.338 e. The van der Waals surface area contributed by atoms with E-state index in [0.717, 1.165) is 46.6 Å². The van der Waals surface area contributed by atoms with E-state index in [0.29, 0.717) is 35.1 Å². The zero-order valence-corrected chi connectivity index (χ0v) is 33.1. The van der Waals surface area contributed by atoms with E-state index in [2.05, 4.69) is 65.8 Å². The molecule has 8 rings (SSSR count). The maximum absolute atomic E-state index is 12.7. The molecule has 1 unspecified atom stereocenters. The van der Waals surface area contributed by atoms with Crippen LogP contribution < -0.4 is 19.9 Å². The van der Waals surface area contributed by atoms with Crippen LogP contribution in [0.5, 0.6) is 28.7 Å². The van der Waals surface area contributed by atoms with Crippen molar-refractivity contribution in [2.24, 2.45) is 0 Å². The van der Waals surface area contributed by atoms with Gasteiger partial charge in [-0.25, -0.2) is 4.79 Å². The fourth-order valence-electron chi connectivity index (χ4n) is 8.95. The van der Waals surface area contributed by atoms with E-state index >= 15 is 0 Å². The molecule has 6 aromatic carbocycles. The molecule has 0 saturated heterocycles. The van der Waals surface area contributed by atoms with E-state index in [9.17, 15) is 4.79 Å². The van der Waals surface area contributed by atoms with E-state index in [1.54, 1.807) is 12.1 Å². The maximum atomic E-state index is 12.7. The van der Waals surface area contributed by atoms with Gasteiger partial charge in [0.1, 0.15) is 42.0 Å². The van der Waals surface area contributed by atoms with E-state index in [1.807, 2.05) is 91.0 Å². The summed E-state index contributed by atoms with van der Waals surface area (Å²) in [6, 6.07) is 41.8. The number of fused-ring (bicyclic) bond motifs is 4. The highest BCUT2D eigenvalue weighted by atomic mass is 16.5. The van der Waals surface area contributed by atoms with Crippen LogP contribution in [0.4, 0.5) is 5.69 Å². The molecule has 0 heterocycles. The number of benzene rings is 6. The van der Waals surface area contributed by atoms with Gasteiger partial charge in [-0.1, -0.05) is 100 Å². The van der Waals surface area contributed by atoms with Crippen LogP contribution in [-0.4, -0.2) is 5.97 Å². The Morgan fingerprint density at radius 2 is 1.07 bits per heavy atom. The van der Waals surface area contributed by atoms with Gasteiger partial charge in [0, 0.05) is 11.5 Å². The zero-order chi connectivity index (χ0) is 39.2. The summed E-state index contributed by atoms with van der Waals surface area (Å²) < 4.78 is 24.9. The molecule has 2 aliphatic rings. The first-order valence-electron chi connectivity index (χ1n) is 19.4. The lowest BCUT2D eigenvalue weighted by Crippen LogP contribution is -2.27. The number of hydrogen-bond acceptors (Lipinski definition) is 6. The second-order valence-electron chi connectivity index (χ2n) is 16.8. The Labute approximate surface area is 330 Å². The Hall–Kier alpha value is -6.01. The monoisotopic (exact) mass is 743 g/mol. The topological polar surface area (TPSA) is 80.0 Å². The van der Waals surface area contributed by atoms with E-state index in [1.165, 1.54) is 22.3 Å². The molecule has 6 aromatic rings. The average Bonchev–Trinajstić information content (AvgIpc) is 3.53. The normalized spacial score (nSPS) is 17.2. The minimum atomic E-state index is -0.365. The predicted molar refractivity (Wildman–Crippen MR) is 222 cm³/mol. The number of aryl methyl sites for hydroxylation is 2. The van der Waals surface area contributed by atoms with Gasteiger partial charge in [-0.2, -0.15) is 0 Å². The standard InChI is InChI=1S/C50H49NO5/c1-32-23-39-42(27-45(32)56-38-21-22-43(51)46(25-38)53-28-34-13-9-7-10-14-34)50(30-48(39,3)4)31-49(5,6)40-26-44(33(2)24-41(40)50)55-37-19-17-36(18-20-37)47(52)54-29-35-15-11-8-12-16-35/h7-27H,28-31,51H2,1-6H3. The van der Waals surface area contributed by atoms with Crippen molar-refractivity contribution in [3.05, 3.63) is 177 Å². The smallest absolute Gasteiger partial charge is 0.338 e. The first-order valence-corrected chi connectivity index (χ1v) is 19.4. The summed E-state index contributed by atoms with van der Waals surface area (Å²) in [4.78, 5) is 12.7. The van der Waals surface area contributed by atoms with E-state index in [-0.39, 0.29) is 28.8 Å². The van der Waals surface area contributed by atoms with Crippen molar-refractivity contribution in [3.8, 4) is 28.7 Å². The van der Waals surface area contributed by atoms with Gasteiger partial charge in [0.05, 0.1) is 11.3 Å². The number of nitrogen functional groups attached to an aromatic ring is 1. The van der Waals surface area contributed by atoms with Crippen LogP contribution in [0.1, 0.15) is 95.4 Å². The highest BCUT2D eigenvalue weighted by Crippen LogP contribution is 2.64. The van der Waals surface area contributed by atoms with Crippen molar-refractivity contribution < 1.29 is 23.7 Å². The minimum absolute atomic E-state index is 0.0387. The van der Waals surface area contributed by atoms with Gasteiger partial charge < -0.3 is 24.7 Å². The molecule has 0 amide bonds. The van der Waals surface area contributed by atoms with Gasteiger partial charge in [-0.15, -0.1) is 0 Å². The summed E-state index contributed by atoms with van der Waals surface area (Å²) in [7, 11) is 0. The van der Waals surface area contributed by atoms with Crippen molar-refractivity contribution >= 4 is 11.7 Å². The van der Waals surface area contributed by atoms with Gasteiger partial charge in [-0.3, -0.25) is 0 Å². The molecule has 2 N–H and O–H groups in total. The highest BCUT2D eigenvalue weighted by Gasteiger charge is 2.56. The third-order valence-electron chi connectivity index (χ3n) is 11.6. The molecule has 0 saturated carbocycles. The van der Waals surface area contributed by atoms with Crippen molar-refractivity contribution in [2.45, 2.75) is 83.8 Å². The van der Waals surface area contributed by atoms with E-state index in [4.69, 9.17) is 24.7 Å². The van der Waals surface area contributed by atoms with Crippen molar-refractivity contribution in [1.82, 2.24) is 0 Å². The summed E-state index contributed by atoms with van der Waals surface area (Å²) in [5, 5.41) is 0. The number of nitrogens with two attached hydrogens (primary N) is 1. The number of carbonyl (C=O) groups excluding carboxylic acids is 1. The first-order chi connectivity index (χ1) is 26.8. The van der Waals surface area contributed by atoms with Crippen LogP contribution in [0.15, 0.2) is 127 Å². The van der Waals surface area contributed by atoms with Crippen LogP contribution >= 0.6 is 0 Å². The third-order valence-corrected chi connectivity index (χ3v) is 11.6. The molecule has 6 nitrogen and oxygen atoms in total. The largest absolute Gasteiger partial charge is 0.487 e. The van der Waals surface area contributed by atoms with Crippen LogP contribution in [-0.2, 0) is 34.2 Å². The van der Waals surface area contributed by atoms with Gasteiger partial charge >= 0.3 is 5.97 Å². The lowest BCUT2D eigenvalue weighted by atomic mass is 9.72. The van der Waals surface area contributed by atoms with Crippen LogP contribution in [0.3, 0.4) is 0 Å². The van der Waals surface area contributed by atoms with Gasteiger partial charge in [-0.05, 0) is 131 Å². The summed E-state index contributed by atoms with van der Waals surface area (Å²) in [6.07, 6.45) is 1.96. The number of rotatable bonds is 10. The first kappa shape index (κ1) is 36.9. The minimum Gasteiger partial charge on any atom is -0.487 e. The lowest BCUT2D eigenvalue weighted by molar-refractivity contribution is 0.0472. The quantitative estimate of drug-likeness (QED) is 0.111. The zero-order valence-electron chi connectivity index (χ0n) is 33.1. The number of ether oxygens (including phenoxy) is 4. The second kappa shape index (κ2) is 14.2. The Morgan fingerprint density at radius 1 is 0.571 bits per heavy atom. The van der Waals surface area contributed by atoms with Crippen molar-refractivity contribution in [1.29, 1.82) is 0 Å². The second-order valence-corrected chi connectivity index (χ2v) is 16.8. The highest BCUT2D eigenvalue weighted by molar-refractivity contribution is 5.89. The van der Waals surface area contributed by atoms with Crippen LogP contribution in [0, 0.1) is 13.8 Å². The molecular weight excluding hydrogens is 695 g/mol. The fraction of sp³-hybridized carbons (Fsp3) is 0.260. The SMILES string of the molecule is Cc1cc2c(cc1Oc1ccc(C(=O)OCc3ccccc3)cc1)C(C)(C)CC21CC(C)(C)c2cc(C)c(Oc3ccc(N)c(OCc4ccccc4)c3)cc21. The molecule has 0 aliphatic heterocycles. The molecule has 56 heavy (non-hydrogen) atoms. The average molecular weight is 744 g/mol. The molecule has 1 atom stereocenters.